The van der Waals surface area contributed by atoms with Gasteiger partial charge < -0.3 is 10.2 Å². The highest BCUT2D eigenvalue weighted by molar-refractivity contribution is 6.31. The Balaban J connectivity index is 1.92. The van der Waals surface area contributed by atoms with Crippen LogP contribution in [0, 0.1) is 10.1 Å². The third-order valence-electron chi connectivity index (χ3n) is 4.00. The van der Waals surface area contributed by atoms with Crippen LogP contribution in [0.25, 0.3) is 0 Å². The van der Waals surface area contributed by atoms with E-state index in [0.717, 1.165) is 25.9 Å². The molecule has 0 spiro atoms. The van der Waals surface area contributed by atoms with Crippen LogP contribution in [-0.4, -0.2) is 30.1 Å². The fourth-order valence-corrected chi connectivity index (χ4v) is 3.23. The monoisotopic (exact) mass is 281 g/mol. The van der Waals surface area contributed by atoms with Crippen molar-refractivity contribution in [2.45, 2.75) is 31.3 Å². The molecular weight excluding hydrogens is 266 g/mol. The average Bonchev–Trinajstić information content (AvgIpc) is 2.68. The summed E-state index contributed by atoms with van der Waals surface area (Å²) in [7, 11) is 0. The van der Waals surface area contributed by atoms with Gasteiger partial charge in [0, 0.05) is 36.3 Å². The Morgan fingerprint density at radius 2 is 2.11 bits per heavy atom. The average molecular weight is 282 g/mol. The molecule has 2 bridgehead atoms. The number of nitrogens with zero attached hydrogens (tertiary/aromatic N) is 2. The van der Waals surface area contributed by atoms with E-state index in [-0.39, 0.29) is 10.6 Å². The van der Waals surface area contributed by atoms with E-state index in [1.165, 1.54) is 12.5 Å². The maximum absolute atomic E-state index is 11.1. The molecule has 2 fully saturated rings. The Morgan fingerprint density at radius 3 is 2.89 bits per heavy atom. The van der Waals surface area contributed by atoms with Gasteiger partial charge in [-0.15, -0.1) is 0 Å². The Labute approximate surface area is 116 Å². The first-order valence-electron chi connectivity index (χ1n) is 6.58. The summed E-state index contributed by atoms with van der Waals surface area (Å²) >= 11 is 6.00. The SMILES string of the molecule is O=[N+]([O-])c1ccc(Cl)cc1N1CCC2CCC(C1)N2. The van der Waals surface area contributed by atoms with E-state index in [2.05, 4.69) is 10.2 Å². The van der Waals surface area contributed by atoms with Crippen molar-refractivity contribution in [3.8, 4) is 0 Å². The maximum Gasteiger partial charge on any atom is 0.292 e. The van der Waals surface area contributed by atoms with E-state index in [1.807, 2.05) is 0 Å². The summed E-state index contributed by atoms with van der Waals surface area (Å²) in [5, 5.41) is 15.3. The van der Waals surface area contributed by atoms with Crippen molar-refractivity contribution >= 4 is 23.0 Å². The topological polar surface area (TPSA) is 58.4 Å². The van der Waals surface area contributed by atoms with Crippen molar-refractivity contribution in [1.82, 2.24) is 5.32 Å². The number of rotatable bonds is 2. The second-order valence-corrected chi connectivity index (χ2v) is 5.70. The number of nitro benzene ring substituents is 1. The second kappa shape index (κ2) is 4.98. The summed E-state index contributed by atoms with van der Waals surface area (Å²) in [5.74, 6) is 0. The lowest BCUT2D eigenvalue weighted by molar-refractivity contribution is -0.384. The van der Waals surface area contributed by atoms with Crippen molar-refractivity contribution < 1.29 is 4.92 Å². The first-order valence-corrected chi connectivity index (χ1v) is 6.96. The maximum atomic E-state index is 11.1. The van der Waals surface area contributed by atoms with Gasteiger partial charge in [-0.2, -0.15) is 0 Å². The van der Waals surface area contributed by atoms with Crippen LogP contribution in [0.1, 0.15) is 19.3 Å². The van der Waals surface area contributed by atoms with Crippen LogP contribution < -0.4 is 10.2 Å². The first-order chi connectivity index (χ1) is 9.13. The molecule has 0 aliphatic carbocycles. The summed E-state index contributed by atoms with van der Waals surface area (Å²) in [6.07, 6.45) is 3.39. The molecule has 0 saturated carbocycles. The number of nitro groups is 1. The van der Waals surface area contributed by atoms with Gasteiger partial charge in [0.1, 0.15) is 5.69 Å². The molecule has 2 aliphatic heterocycles. The molecule has 3 rings (SSSR count). The molecule has 2 atom stereocenters. The van der Waals surface area contributed by atoms with E-state index < -0.39 is 0 Å². The van der Waals surface area contributed by atoms with Gasteiger partial charge >= 0.3 is 0 Å². The summed E-state index contributed by atoms with van der Waals surface area (Å²) in [4.78, 5) is 12.9. The summed E-state index contributed by atoms with van der Waals surface area (Å²) in [6, 6.07) is 5.78. The lowest BCUT2D eigenvalue weighted by atomic mass is 10.1. The van der Waals surface area contributed by atoms with E-state index >= 15 is 0 Å². The van der Waals surface area contributed by atoms with Gasteiger partial charge in [0.15, 0.2) is 0 Å². The number of hydrogen-bond acceptors (Lipinski definition) is 4. The summed E-state index contributed by atoms with van der Waals surface area (Å²) in [6.45, 7) is 1.66. The zero-order valence-corrected chi connectivity index (χ0v) is 11.3. The highest BCUT2D eigenvalue weighted by atomic mass is 35.5. The Bertz CT molecular complexity index is 509. The van der Waals surface area contributed by atoms with Crippen LogP contribution in [0.4, 0.5) is 11.4 Å². The molecule has 102 valence electrons. The Kier molecular flexibility index (Phi) is 3.33. The standard InChI is InChI=1S/C13H16ClN3O2/c14-9-1-4-12(17(18)19)13(7-9)16-6-5-10-2-3-11(8-16)15-10/h1,4,7,10-11,15H,2-3,5-6,8H2. The predicted molar refractivity (Wildman–Crippen MR) is 74.9 cm³/mol. The minimum absolute atomic E-state index is 0.141. The molecule has 0 amide bonds. The van der Waals surface area contributed by atoms with E-state index in [9.17, 15) is 10.1 Å². The van der Waals surface area contributed by atoms with Crippen molar-refractivity contribution in [1.29, 1.82) is 0 Å². The smallest absolute Gasteiger partial charge is 0.292 e. The highest BCUT2D eigenvalue weighted by Gasteiger charge is 2.31. The lowest BCUT2D eigenvalue weighted by Crippen LogP contribution is -2.35. The third kappa shape index (κ3) is 2.53. The van der Waals surface area contributed by atoms with Crippen molar-refractivity contribution in [3.63, 3.8) is 0 Å². The molecule has 2 aliphatic rings. The first kappa shape index (κ1) is 12.7. The predicted octanol–water partition coefficient (Wildman–Crippen LogP) is 2.58. The largest absolute Gasteiger partial charge is 0.364 e. The van der Waals surface area contributed by atoms with Gasteiger partial charge in [-0.05, 0) is 31.4 Å². The van der Waals surface area contributed by atoms with E-state index in [0.29, 0.717) is 22.8 Å². The van der Waals surface area contributed by atoms with Crippen molar-refractivity contribution in [2.24, 2.45) is 0 Å². The van der Waals surface area contributed by atoms with Crippen LogP contribution in [0.15, 0.2) is 18.2 Å². The van der Waals surface area contributed by atoms with Gasteiger partial charge in [-0.3, -0.25) is 10.1 Å². The van der Waals surface area contributed by atoms with Crippen LogP contribution in [-0.2, 0) is 0 Å². The van der Waals surface area contributed by atoms with Crippen molar-refractivity contribution in [2.75, 3.05) is 18.0 Å². The molecule has 2 heterocycles. The second-order valence-electron chi connectivity index (χ2n) is 5.26. The fourth-order valence-electron chi connectivity index (χ4n) is 3.07. The van der Waals surface area contributed by atoms with Gasteiger partial charge in [0.2, 0.25) is 0 Å². The van der Waals surface area contributed by atoms with Crippen LogP contribution >= 0.6 is 11.6 Å². The third-order valence-corrected chi connectivity index (χ3v) is 4.23. The number of anilines is 1. The highest BCUT2D eigenvalue weighted by Crippen LogP contribution is 2.33. The molecule has 0 radical (unpaired) electrons. The molecule has 5 nitrogen and oxygen atoms in total. The zero-order chi connectivity index (χ0) is 13.4. The molecule has 2 saturated heterocycles. The Morgan fingerprint density at radius 1 is 1.32 bits per heavy atom. The van der Waals surface area contributed by atoms with E-state index in [4.69, 9.17) is 11.6 Å². The number of halogens is 1. The minimum atomic E-state index is -0.331. The molecule has 6 heteroatoms. The molecule has 1 aromatic carbocycles. The van der Waals surface area contributed by atoms with Crippen LogP contribution in [0.5, 0.6) is 0 Å². The van der Waals surface area contributed by atoms with Gasteiger partial charge in [-0.1, -0.05) is 11.6 Å². The van der Waals surface area contributed by atoms with Crippen molar-refractivity contribution in [3.05, 3.63) is 33.3 Å². The quantitative estimate of drug-likeness (QED) is 0.669. The normalized spacial score (nSPS) is 26.3. The van der Waals surface area contributed by atoms with Gasteiger partial charge in [0.05, 0.1) is 4.92 Å². The van der Waals surface area contributed by atoms with Gasteiger partial charge in [0.25, 0.3) is 5.69 Å². The molecule has 0 aromatic heterocycles. The van der Waals surface area contributed by atoms with E-state index in [1.54, 1.807) is 12.1 Å². The number of hydrogen-bond donors (Lipinski definition) is 1. The number of nitrogens with one attached hydrogen (secondary N) is 1. The molecular formula is C13H16ClN3O2. The summed E-state index contributed by atoms with van der Waals surface area (Å²) < 4.78 is 0. The molecule has 2 unspecified atom stereocenters. The summed E-state index contributed by atoms with van der Waals surface area (Å²) in [5.41, 5.74) is 0.786. The van der Waals surface area contributed by atoms with Crippen LogP contribution in [0.2, 0.25) is 5.02 Å². The minimum Gasteiger partial charge on any atom is -0.364 e. The molecule has 19 heavy (non-hydrogen) atoms. The van der Waals surface area contributed by atoms with Crippen LogP contribution in [0.3, 0.4) is 0 Å². The Hall–Kier alpha value is -1.33. The van der Waals surface area contributed by atoms with Gasteiger partial charge in [-0.25, -0.2) is 0 Å². The molecule has 1 aromatic rings. The zero-order valence-electron chi connectivity index (χ0n) is 10.5. The number of benzene rings is 1. The fraction of sp³-hybridized carbons (Fsp3) is 0.538. The number of fused-ring (bicyclic) bond motifs is 2. The molecule has 1 N–H and O–H groups in total. The lowest BCUT2D eigenvalue weighted by Gasteiger charge is -2.26.